The molecule has 10 atom stereocenters. The minimum atomic E-state index is -1.76. The molecular weight excluding hydrogens is 1220 g/mol. The first-order valence-electron chi connectivity index (χ1n) is 29.9. The fourth-order valence-electron chi connectivity index (χ4n) is 7.11. The van der Waals surface area contributed by atoms with Gasteiger partial charge in [-0.25, -0.2) is 28.8 Å². The maximum Gasteiger partial charge on any atom is 0.408 e. The zero-order chi connectivity index (χ0) is 69.2. The molecule has 0 aliphatic carbocycles. The molecule has 1 saturated heterocycles. The van der Waals surface area contributed by atoms with Gasteiger partial charge in [0.25, 0.3) is 5.91 Å². The Bertz CT molecular complexity index is 2360. The number of carboxylic acids is 1. The first-order valence-corrected chi connectivity index (χ1v) is 32.8. The van der Waals surface area contributed by atoms with Gasteiger partial charge in [0.1, 0.15) is 34.1 Å². The van der Waals surface area contributed by atoms with Crippen LogP contribution in [-0.4, -0.2) is 202 Å². The van der Waals surface area contributed by atoms with E-state index in [4.69, 9.17) is 73.5 Å². The highest BCUT2D eigenvalue weighted by atomic mass is 28.4. The third-order valence-corrected chi connectivity index (χ3v) is 16.8. The van der Waals surface area contributed by atoms with E-state index in [2.05, 4.69) is 60.4 Å². The Morgan fingerprint density at radius 1 is 0.446 bits per heavy atom. The molecule has 7 amide bonds. The molecule has 1 fully saturated rings. The third kappa shape index (κ3) is 41.3. The van der Waals surface area contributed by atoms with E-state index in [1.54, 1.807) is 86.6 Å². The highest BCUT2D eigenvalue weighted by molar-refractivity contribution is 6.74. The van der Waals surface area contributed by atoms with Gasteiger partial charge in [0.15, 0.2) is 20.5 Å². The molecule has 0 aromatic heterocycles. The molecular formula is C63H115N7O21Si. The van der Waals surface area contributed by atoms with Gasteiger partial charge in [-0.05, 0) is 147 Å². The van der Waals surface area contributed by atoms with E-state index in [9.17, 15) is 38.4 Å². The van der Waals surface area contributed by atoms with Crippen LogP contribution in [0.25, 0.3) is 0 Å². The molecule has 92 heavy (non-hydrogen) atoms. The number of aliphatic carboxylic acids is 1. The van der Waals surface area contributed by atoms with E-state index < -0.39 is 103 Å². The predicted molar refractivity (Wildman–Crippen MR) is 350 cm³/mol. The fraction of sp³-hybridized carbons (Fsp3) is 0.746. The number of rotatable bonds is 12. The molecule has 532 valence electrons. The number of alkyl carbamates (subject to hydrolysis) is 5. The van der Waals surface area contributed by atoms with Gasteiger partial charge in [0.2, 0.25) is 5.91 Å². The van der Waals surface area contributed by atoms with Gasteiger partial charge in [-0.15, -0.1) is 0 Å². The first kappa shape index (κ1) is 87.7. The largest absolute Gasteiger partial charge is 0.479 e. The van der Waals surface area contributed by atoms with Crippen LogP contribution in [-0.2, 0) is 66.2 Å². The maximum absolute atomic E-state index is 11.7. The lowest BCUT2D eigenvalue weighted by Crippen LogP contribution is -2.47. The van der Waals surface area contributed by atoms with E-state index in [1.165, 1.54) is 12.2 Å². The number of hydrogen-bond acceptors (Lipinski definition) is 20. The molecule has 11 N–H and O–H groups in total. The first-order chi connectivity index (χ1) is 41.0. The second kappa shape index (κ2) is 39.4. The van der Waals surface area contributed by atoms with Gasteiger partial charge < -0.3 is 100 Å². The van der Waals surface area contributed by atoms with Crippen LogP contribution >= 0.6 is 0 Å². The van der Waals surface area contributed by atoms with Crippen molar-refractivity contribution in [3.63, 3.8) is 0 Å². The molecule has 0 saturated carbocycles. The molecule has 5 heterocycles. The number of aliphatic hydroxyl groups is 1. The molecule has 5 rings (SSSR count). The molecule has 0 spiro atoms. The molecule has 28 nitrogen and oxygen atoms in total. The van der Waals surface area contributed by atoms with Crippen LogP contribution in [0, 0.1) is 0 Å². The lowest BCUT2D eigenvalue weighted by atomic mass is 10.0. The summed E-state index contributed by atoms with van der Waals surface area (Å²) in [4.78, 5) is 89.7. The lowest BCUT2D eigenvalue weighted by Gasteiger charge is -2.37. The number of carbonyl (C=O) groups excluding carboxylic acids is 7. The average molecular weight is 1330 g/mol. The second-order valence-electron chi connectivity index (χ2n) is 27.9. The highest BCUT2D eigenvalue weighted by Crippen LogP contribution is 2.37. The summed E-state index contributed by atoms with van der Waals surface area (Å²) in [6, 6.07) is -1.15. The Morgan fingerprint density at radius 2 is 0.772 bits per heavy atom. The van der Waals surface area contributed by atoms with Crippen LogP contribution in [0.1, 0.15) is 152 Å². The Labute approximate surface area is 547 Å². The summed E-state index contributed by atoms with van der Waals surface area (Å²) in [6.07, 6.45) is 9.86. The second-order valence-corrected chi connectivity index (χ2v) is 32.8. The number of amides is 7. The Kier molecular flexibility index (Phi) is 37.5. The third-order valence-electron chi connectivity index (χ3n) is 12.3. The van der Waals surface area contributed by atoms with Crippen molar-refractivity contribution in [2.45, 2.75) is 259 Å². The number of carbonyl (C=O) groups is 8. The quantitative estimate of drug-likeness (QED) is 0.0512. The average Bonchev–Trinajstić information content (AvgIpc) is 0.919. The summed E-state index contributed by atoms with van der Waals surface area (Å²) in [5.74, 6) is -2.05. The molecule has 0 radical (unpaired) electrons. The summed E-state index contributed by atoms with van der Waals surface area (Å²) < 4.78 is 58.2. The van der Waals surface area contributed by atoms with Crippen molar-refractivity contribution >= 4 is 56.6 Å². The topological polar surface area (TPSA) is 391 Å². The van der Waals surface area contributed by atoms with Gasteiger partial charge in [0.05, 0.1) is 88.7 Å². The highest BCUT2D eigenvalue weighted by Gasteiger charge is 2.38. The van der Waals surface area contributed by atoms with Crippen molar-refractivity contribution in [1.82, 2.24) is 26.6 Å². The number of hydrogen-bond donors (Lipinski definition) is 9. The Morgan fingerprint density at radius 3 is 1.02 bits per heavy atom. The Balaban J connectivity index is 0. The summed E-state index contributed by atoms with van der Waals surface area (Å²) >= 11 is 0. The van der Waals surface area contributed by atoms with E-state index in [0.717, 1.165) is 0 Å². The van der Waals surface area contributed by atoms with E-state index in [-0.39, 0.29) is 88.7 Å². The van der Waals surface area contributed by atoms with Crippen molar-refractivity contribution in [2.24, 2.45) is 11.5 Å². The number of nitrogens with two attached hydrogens (primary N) is 2. The Hall–Kier alpha value is -6.34. The molecule has 29 heteroatoms. The molecule has 5 aliphatic rings. The van der Waals surface area contributed by atoms with Crippen molar-refractivity contribution < 1.29 is 100 Å². The van der Waals surface area contributed by atoms with Crippen molar-refractivity contribution in [3.05, 3.63) is 48.6 Å². The van der Waals surface area contributed by atoms with Crippen LogP contribution < -0.4 is 38.1 Å². The SMILES string of the molecule is C.C.CC(C)(C)OC(=O)N[C@@H]1C=C[C@@H](C(=O)O)OC1.CC(C)(C)OC(=O)N[C@@H]1C=C[C@@H](C(N)=O)OC1.CC(C)(C)OC(=O)N[C@@H]1C=C[C@@H](CO)OC1.CC(C)(C)OC(=O)N[C@@H]1C=C[C@@H](CO[Si](C)(C)C(C)(C)C)OC1.CC(C)(C)OC(=O)N[C@@H]1CC[C@@H](C(N)=O)OC1. The number of aliphatic hydroxyl groups excluding tert-OH is 1. The van der Waals surface area contributed by atoms with Gasteiger partial charge in [-0.2, -0.15) is 0 Å². The van der Waals surface area contributed by atoms with Gasteiger partial charge >= 0.3 is 36.4 Å². The fourth-order valence-corrected chi connectivity index (χ4v) is 8.13. The van der Waals surface area contributed by atoms with Crippen molar-refractivity contribution in [1.29, 1.82) is 0 Å². The van der Waals surface area contributed by atoms with Crippen LogP contribution in [0.3, 0.4) is 0 Å². The lowest BCUT2D eigenvalue weighted by molar-refractivity contribution is -0.147. The number of carboxylic acid groups (broad SMARTS) is 1. The van der Waals surface area contributed by atoms with Gasteiger partial charge in [-0.1, -0.05) is 72.1 Å². The molecule has 5 aliphatic heterocycles. The van der Waals surface area contributed by atoms with Crippen molar-refractivity contribution in [2.75, 3.05) is 46.2 Å². The number of primary amides is 2. The minimum Gasteiger partial charge on any atom is -0.479 e. The van der Waals surface area contributed by atoms with Gasteiger partial charge in [-0.3, -0.25) is 9.59 Å². The summed E-state index contributed by atoms with van der Waals surface area (Å²) in [6.45, 7) is 40.0. The van der Waals surface area contributed by atoms with Crippen LogP contribution in [0.2, 0.25) is 18.1 Å². The van der Waals surface area contributed by atoms with E-state index in [1.807, 2.05) is 53.7 Å². The summed E-state index contributed by atoms with van der Waals surface area (Å²) in [7, 11) is -1.76. The summed E-state index contributed by atoms with van der Waals surface area (Å²) in [5, 5.41) is 31.0. The van der Waals surface area contributed by atoms with Crippen LogP contribution in [0.5, 0.6) is 0 Å². The maximum atomic E-state index is 11.7. The number of ether oxygens (including phenoxy) is 10. The molecule has 0 bridgehead atoms. The zero-order valence-corrected chi connectivity index (χ0v) is 57.6. The van der Waals surface area contributed by atoms with Crippen molar-refractivity contribution in [3.8, 4) is 0 Å². The molecule has 0 aromatic carbocycles. The monoisotopic (exact) mass is 1330 g/mol. The van der Waals surface area contributed by atoms with E-state index in [0.29, 0.717) is 32.7 Å². The van der Waals surface area contributed by atoms with Crippen LogP contribution in [0.4, 0.5) is 24.0 Å². The minimum absolute atomic E-state index is 0. The smallest absolute Gasteiger partial charge is 0.408 e. The molecule has 0 unspecified atom stereocenters. The van der Waals surface area contributed by atoms with Gasteiger partial charge in [0, 0.05) is 0 Å². The standard InChI is InChI=1S/C17H33NO4Si.C11H20N2O4.C11H18N2O4.C11H17NO5.C11H19NO4.2CH4/c1-16(2,3)22-15(19)18-13-9-10-14(20-11-13)12-21-23(7,8)17(4,5)6;2*1-11(2,3)17-10(15)13-7-4-5-8(9(12)14)16-6-7;1-11(2,3)17-10(15)12-7-4-5-8(9(13)14)16-6-7;1-11(2,3)16-10(14)12-8-4-5-9(6-13)15-7-8;;/h9-10,13-14H,11-12H2,1-8H3,(H,18,19);7-8H,4-6H2,1-3H3,(H2,12,14)(H,13,15);4-5,7-8H,6H2,1-3H3,(H2,12,14)(H,13,15);4-5,7-8H,6H2,1-3H3,(H,12,15)(H,13,14);4-5,8-9,13H,6-7H2,1-3H3,(H,12,14);2*1H4/t13-,14+;3*7-,8+;8-,9+;;/m11111../s1. The van der Waals surface area contributed by atoms with Crippen LogP contribution in [0.15, 0.2) is 48.6 Å². The zero-order valence-electron chi connectivity index (χ0n) is 56.6. The number of nitrogens with one attached hydrogen (secondary N) is 5. The summed E-state index contributed by atoms with van der Waals surface area (Å²) in [5.41, 5.74) is 7.57. The normalized spacial score (nSPS) is 23.7. The predicted octanol–water partition coefficient (Wildman–Crippen LogP) is 7.74. The molecule has 0 aromatic rings. The van der Waals surface area contributed by atoms with E-state index >= 15 is 0 Å².